The van der Waals surface area contributed by atoms with Crippen molar-refractivity contribution in [1.29, 1.82) is 0 Å². The van der Waals surface area contributed by atoms with E-state index < -0.39 is 10.0 Å². The molecular formula is C23H23NO3S. The number of benzene rings is 2. The Hall–Kier alpha value is -2.24. The smallest absolute Gasteiger partial charge is 0.240 e. The number of aryl methyl sites for hydroxylation is 1. The zero-order valence-electron chi connectivity index (χ0n) is 15.8. The normalized spacial score (nSPS) is 30.8. The van der Waals surface area contributed by atoms with Gasteiger partial charge in [0.05, 0.1) is 4.90 Å². The molecule has 0 saturated heterocycles. The minimum Gasteiger partial charge on any atom is -0.299 e. The summed E-state index contributed by atoms with van der Waals surface area (Å²) in [5.41, 5.74) is 3.05. The molecule has 28 heavy (non-hydrogen) atoms. The summed E-state index contributed by atoms with van der Waals surface area (Å²) < 4.78 is 28.8. The van der Waals surface area contributed by atoms with Crippen LogP contribution in [0.5, 0.6) is 0 Å². The molecule has 6 rings (SSSR count). The minimum atomic E-state index is -3.67. The van der Waals surface area contributed by atoms with Gasteiger partial charge in [0.15, 0.2) is 0 Å². The number of carbonyl (C=O) groups excluding carboxylic acids is 1. The number of rotatable bonds is 3. The molecule has 1 N–H and O–H groups in total. The molecule has 5 heteroatoms. The number of carbonyl (C=O) groups is 1. The highest BCUT2D eigenvalue weighted by Crippen LogP contribution is 2.55. The van der Waals surface area contributed by atoms with Gasteiger partial charge in [-0.05, 0) is 43.0 Å². The molecular weight excluding hydrogens is 370 g/mol. The van der Waals surface area contributed by atoms with Crippen molar-refractivity contribution in [1.82, 2.24) is 4.72 Å². The van der Waals surface area contributed by atoms with Crippen molar-refractivity contribution in [2.45, 2.75) is 48.5 Å². The second-order valence-electron chi connectivity index (χ2n) is 8.32. The van der Waals surface area contributed by atoms with Crippen molar-refractivity contribution >= 4 is 15.8 Å². The van der Waals surface area contributed by atoms with Gasteiger partial charge in [0.2, 0.25) is 10.0 Å². The first-order valence-electron chi connectivity index (χ1n) is 9.81. The summed E-state index contributed by atoms with van der Waals surface area (Å²) in [4.78, 5) is 13.5. The average molecular weight is 394 g/mol. The Kier molecular flexibility index (Phi) is 3.90. The Bertz CT molecular complexity index is 1090. The third-order valence-electron chi connectivity index (χ3n) is 6.72. The van der Waals surface area contributed by atoms with E-state index in [1.807, 2.05) is 19.1 Å². The summed E-state index contributed by atoms with van der Waals surface area (Å²) in [5.74, 6) is -0.0767. The zero-order valence-corrected chi connectivity index (χ0v) is 16.6. The molecule has 1 saturated carbocycles. The van der Waals surface area contributed by atoms with Crippen LogP contribution in [0.1, 0.15) is 41.9 Å². The lowest BCUT2D eigenvalue weighted by Gasteiger charge is -2.36. The number of sulfonamides is 1. The van der Waals surface area contributed by atoms with Crippen LogP contribution in [0.3, 0.4) is 0 Å². The number of ketones is 1. The maximum absolute atomic E-state index is 13.2. The van der Waals surface area contributed by atoms with Gasteiger partial charge >= 0.3 is 0 Å². The van der Waals surface area contributed by atoms with E-state index in [0.29, 0.717) is 12.8 Å². The molecule has 144 valence electrons. The number of Topliss-reactive ketones (excluding diaryl/α,β-unsaturated/α-hetero) is 1. The number of hydrogen-bond acceptors (Lipinski definition) is 3. The summed E-state index contributed by atoms with van der Waals surface area (Å²) in [6, 6.07) is 14.7. The monoisotopic (exact) mass is 393 g/mol. The van der Waals surface area contributed by atoms with E-state index in [9.17, 15) is 13.2 Å². The van der Waals surface area contributed by atoms with Gasteiger partial charge in [-0.2, -0.15) is 0 Å². The van der Waals surface area contributed by atoms with Gasteiger partial charge in [-0.3, -0.25) is 4.79 Å². The fraction of sp³-hybridized carbons (Fsp3) is 0.348. The molecule has 1 spiro atoms. The van der Waals surface area contributed by atoms with Crippen LogP contribution in [-0.4, -0.2) is 20.2 Å². The maximum atomic E-state index is 13.2. The molecule has 0 radical (unpaired) electrons. The van der Waals surface area contributed by atoms with Crippen molar-refractivity contribution in [2.24, 2.45) is 5.92 Å². The molecule has 4 aliphatic rings. The van der Waals surface area contributed by atoms with Gasteiger partial charge < -0.3 is 0 Å². The molecule has 0 amide bonds. The molecule has 0 aromatic heterocycles. The number of nitrogens with one attached hydrogen (secondary N) is 1. The van der Waals surface area contributed by atoms with Crippen molar-refractivity contribution < 1.29 is 13.2 Å². The lowest BCUT2D eigenvalue weighted by atomic mass is 9.68. The summed E-state index contributed by atoms with van der Waals surface area (Å²) >= 11 is 0. The van der Waals surface area contributed by atoms with Crippen LogP contribution < -0.4 is 4.72 Å². The summed E-state index contributed by atoms with van der Waals surface area (Å²) in [5, 5.41) is 0. The third kappa shape index (κ3) is 2.53. The number of hydrogen-bond donors (Lipinski definition) is 1. The van der Waals surface area contributed by atoms with E-state index in [4.69, 9.17) is 0 Å². The summed E-state index contributed by atoms with van der Waals surface area (Å²) in [6.07, 6.45) is 6.24. The van der Waals surface area contributed by atoms with Crippen LogP contribution in [0.15, 0.2) is 65.6 Å². The fourth-order valence-corrected chi connectivity index (χ4v) is 6.72. The molecule has 2 aromatic rings. The quantitative estimate of drug-likeness (QED) is 0.810. The highest BCUT2D eigenvalue weighted by atomic mass is 32.2. The lowest BCUT2D eigenvalue weighted by molar-refractivity contribution is -0.124. The van der Waals surface area contributed by atoms with E-state index in [1.54, 1.807) is 24.3 Å². The van der Waals surface area contributed by atoms with Gasteiger partial charge in [-0.1, -0.05) is 54.1 Å². The first kappa shape index (κ1) is 17.8. The van der Waals surface area contributed by atoms with Crippen molar-refractivity contribution in [3.63, 3.8) is 0 Å². The minimum absolute atomic E-state index is 0.106. The molecule has 0 heterocycles. The molecule has 4 atom stereocenters. The topological polar surface area (TPSA) is 63.2 Å². The highest BCUT2D eigenvalue weighted by Gasteiger charge is 2.56. The Morgan fingerprint density at radius 1 is 1.07 bits per heavy atom. The van der Waals surface area contributed by atoms with E-state index in [0.717, 1.165) is 12.0 Å². The van der Waals surface area contributed by atoms with Crippen LogP contribution in [0.2, 0.25) is 0 Å². The highest BCUT2D eigenvalue weighted by molar-refractivity contribution is 7.89. The summed E-state index contributed by atoms with van der Waals surface area (Å²) in [7, 11) is -3.67. The first-order chi connectivity index (χ1) is 13.4. The largest absolute Gasteiger partial charge is 0.299 e. The lowest BCUT2D eigenvalue weighted by Crippen LogP contribution is -2.45. The van der Waals surface area contributed by atoms with Gasteiger partial charge in [-0.25, -0.2) is 13.1 Å². The van der Waals surface area contributed by atoms with Gasteiger partial charge in [0.25, 0.3) is 0 Å². The maximum Gasteiger partial charge on any atom is 0.240 e. The van der Waals surface area contributed by atoms with Crippen LogP contribution in [0.25, 0.3) is 0 Å². The van der Waals surface area contributed by atoms with Gasteiger partial charge in [0.1, 0.15) is 5.78 Å². The van der Waals surface area contributed by atoms with Crippen LogP contribution >= 0.6 is 0 Å². The number of fused-ring (bicyclic) bond motifs is 1. The molecule has 4 aliphatic carbocycles. The summed E-state index contributed by atoms with van der Waals surface area (Å²) in [6.45, 7) is 1.93. The van der Waals surface area contributed by atoms with Gasteiger partial charge in [-0.15, -0.1) is 0 Å². The SMILES string of the molecule is Cc1ccc(S(=O)(=O)N[C@H]2CC[C@]34C=C[C@H](CC(=O)[C@H]23)c2ccccc24)cc1. The third-order valence-corrected chi connectivity index (χ3v) is 8.23. The van der Waals surface area contributed by atoms with Crippen molar-refractivity contribution in [3.8, 4) is 0 Å². The number of allylic oxidation sites excluding steroid dienone is 2. The van der Waals surface area contributed by atoms with E-state index >= 15 is 0 Å². The Morgan fingerprint density at radius 3 is 2.61 bits per heavy atom. The first-order valence-corrected chi connectivity index (χ1v) is 11.3. The Morgan fingerprint density at radius 2 is 1.82 bits per heavy atom. The van der Waals surface area contributed by atoms with Gasteiger partial charge in [0, 0.05) is 29.7 Å². The van der Waals surface area contributed by atoms with E-state index in [2.05, 4.69) is 29.0 Å². The Balaban J connectivity index is 1.54. The average Bonchev–Trinajstić information content (AvgIpc) is 2.90. The van der Waals surface area contributed by atoms with Crippen LogP contribution in [0, 0.1) is 12.8 Å². The van der Waals surface area contributed by atoms with Crippen LogP contribution in [0.4, 0.5) is 0 Å². The molecule has 2 bridgehead atoms. The Labute approximate surface area is 165 Å². The standard InChI is InChI=1S/C23H23NO3S/c1-15-6-8-17(9-7-15)28(26,27)24-20-11-13-23-12-10-16(14-21(25)22(20)23)18-4-2-3-5-19(18)23/h2-10,12,16,20,22,24H,11,13-14H2,1H3/t16-,20+,22+,23+/m1/s1. The van der Waals surface area contributed by atoms with Crippen LogP contribution in [-0.2, 0) is 20.2 Å². The molecule has 0 aliphatic heterocycles. The van der Waals surface area contributed by atoms with E-state index in [1.165, 1.54) is 11.1 Å². The predicted octanol–water partition coefficient (Wildman–Crippen LogP) is 3.62. The van der Waals surface area contributed by atoms with Crippen molar-refractivity contribution in [3.05, 3.63) is 77.4 Å². The zero-order chi connectivity index (χ0) is 19.5. The molecule has 0 unspecified atom stereocenters. The second-order valence-corrected chi connectivity index (χ2v) is 10.0. The van der Waals surface area contributed by atoms with Crippen molar-refractivity contribution in [2.75, 3.05) is 0 Å². The molecule has 2 aromatic carbocycles. The molecule has 1 fully saturated rings. The molecule has 4 nitrogen and oxygen atoms in total. The predicted molar refractivity (Wildman–Crippen MR) is 108 cm³/mol. The second kappa shape index (κ2) is 6.13. The van der Waals surface area contributed by atoms with E-state index in [-0.39, 0.29) is 34.0 Å². The fourth-order valence-electron chi connectivity index (χ4n) is 5.44.